The summed E-state index contributed by atoms with van der Waals surface area (Å²) in [6, 6.07) is 1.18. The minimum atomic E-state index is 0.0630. The molecule has 4 atom stereocenters. The largest absolute Gasteiger partial charge is 0.469 e. The van der Waals surface area contributed by atoms with E-state index in [0.717, 1.165) is 22.4 Å². The van der Waals surface area contributed by atoms with Gasteiger partial charge in [-0.2, -0.15) is 0 Å². The number of rotatable bonds is 4. The lowest BCUT2D eigenvalue weighted by molar-refractivity contribution is -0.154. The lowest BCUT2D eigenvalue weighted by Crippen LogP contribution is -2.53. The molecule has 0 radical (unpaired) electrons. The van der Waals surface area contributed by atoms with Crippen molar-refractivity contribution in [1.29, 1.82) is 0 Å². The maximum atomic E-state index is 12.6. The second kappa shape index (κ2) is 7.37. The minimum absolute atomic E-state index is 0.0630. The van der Waals surface area contributed by atoms with E-state index in [9.17, 15) is 4.79 Å². The van der Waals surface area contributed by atoms with Crippen LogP contribution in [-0.2, 0) is 9.53 Å². The molecule has 2 aliphatic heterocycles. The second-order valence-corrected chi connectivity index (χ2v) is 9.26. The van der Waals surface area contributed by atoms with E-state index in [0.29, 0.717) is 12.0 Å². The molecule has 3 aliphatic rings. The number of carbonyl (C=O) groups excluding carboxylic acids is 1. The SMILES string of the molecule is CCCN1C2CC[C@@H]1C[C@H](C1CCC(I)CC1)C2C(=O)OC. The predicted octanol–water partition coefficient (Wildman–Crippen LogP) is 4.03. The Balaban J connectivity index is 1.79. The summed E-state index contributed by atoms with van der Waals surface area (Å²) in [5, 5.41) is 0. The number of ether oxygens (including phenoxy) is 1. The Morgan fingerprint density at radius 2 is 1.91 bits per heavy atom. The van der Waals surface area contributed by atoms with Gasteiger partial charge in [-0.3, -0.25) is 9.69 Å². The van der Waals surface area contributed by atoms with Crippen LogP contribution in [0.4, 0.5) is 0 Å². The molecule has 1 aliphatic carbocycles. The monoisotopic (exact) mass is 419 g/mol. The Hall–Kier alpha value is 0.160. The Kier molecular flexibility index (Phi) is 5.69. The molecule has 0 amide bonds. The normalized spacial score (nSPS) is 42.3. The molecule has 0 aromatic carbocycles. The standard InChI is InChI=1S/C18H30INO2/c1-3-10-20-14-8-9-16(20)17(18(21)22-2)15(11-14)12-4-6-13(19)7-5-12/h12-17H,3-11H2,1-2H3/t12?,13?,14-,15-,16?,17?/m1/s1. The molecule has 4 heteroatoms. The molecule has 2 unspecified atom stereocenters. The van der Waals surface area contributed by atoms with Crippen molar-refractivity contribution in [1.82, 2.24) is 4.90 Å². The van der Waals surface area contributed by atoms with Gasteiger partial charge in [0, 0.05) is 16.0 Å². The van der Waals surface area contributed by atoms with E-state index in [2.05, 4.69) is 34.4 Å². The van der Waals surface area contributed by atoms with E-state index in [1.54, 1.807) is 7.11 Å². The van der Waals surface area contributed by atoms with E-state index in [-0.39, 0.29) is 11.9 Å². The summed E-state index contributed by atoms with van der Waals surface area (Å²) < 4.78 is 6.09. The van der Waals surface area contributed by atoms with Crippen LogP contribution in [0.15, 0.2) is 0 Å². The Morgan fingerprint density at radius 1 is 1.18 bits per heavy atom. The van der Waals surface area contributed by atoms with Crippen molar-refractivity contribution in [2.75, 3.05) is 13.7 Å². The van der Waals surface area contributed by atoms with Crippen molar-refractivity contribution in [3.63, 3.8) is 0 Å². The number of fused-ring (bicyclic) bond motifs is 2. The van der Waals surface area contributed by atoms with Gasteiger partial charge >= 0.3 is 5.97 Å². The molecule has 0 spiro atoms. The molecule has 22 heavy (non-hydrogen) atoms. The molecular formula is C18H30INO2. The highest BCUT2D eigenvalue weighted by molar-refractivity contribution is 14.1. The molecule has 2 bridgehead atoms. The Labute approximate surface area is 148 Å². The quantitative estimate of drug-likeness (QED) is 0.392. The molecule has 3 rings (SSSR count). The molecule has 0 N–H and O–H groups in total. The smallest absolute Gasteiger partial charge is 0.310 e. The van der Waals surface area contributed by atoms with Gasteiger partial charge in [-0.15, -0.1) is 0 Å². The fourth-order valence-corrected chi connectivity index (χ4v) is 6.14. The first-order valence-electron chi connectivity index (χ1n) is 9.13. The zero-order valence-corrected chi connectivity index (χ0v) is 16.1. The van der Waals surface area contributed by atoms with E-state index in [4.69, 9.17) is 4.74 Å². The number of carbonyl (C=O) groups is 1. The number of nitrogens with zero attached hydrogens (tertiary/aromatic N) is 1. The van der Waals surface area contributed by atoms with Gasteiger partial charge < -0.3 is 4.74 Å². The molecule has 2 heterocycles. The molecule has 2 saturated heterocycles. The van der Waals surface area contributed by atoms with Crippen LogP contribution in [0.5, 0.6) is 0 Å². The molecular weight excluding hydrogens is 389 g/mol. The summed E-state index contributed by atoms with van der Waals surface area (Å²) in [4.78, 5) is 15.2. The highest BCUT2D eigenvalue weighted by Gasteiger charge is 2.52. The maximum Gasteiger partial charge on any atom is 0.310 e. The van der Waals surface area contributed by atoms with Crippen LogP contribution in [0, 0.1) is 17.8 Å². The van der Waals surface area contributed by atoms with Crippen LogP contribution in [-0.4, -0.2) is 40.5 Å². The van der Waals surface area contributed by atoms with Gasteiger partial charge in [0.15, 0.2) is 0 Å². The summed E-state index contributed by atoms with van der Waals surface area (Å²) in [5.41, 5.74) is 0. The molecule has 0 aromatic rings. The van der Waals surface area contributed by atoms with Gasteiger partial charge in [0.1, 0.15) is 0 Å². The highest BCUT2D eigenvalue weighted by atomic mass is 127. The second-order valence-electron chi connectivity index (χ2n) is 7.50. The lowest BCUT2D eigenvalue weighted by Gasteiger charge is -2.47. The van der Waals surface area contributed by atoms with Crippen LogP contribution in [0.2, 0.25) is 0 Å². The third-order valence-corrected chi connectivity index (χ3v) is 7.62. The first kappa shape index (κ1) is 17.0. The minimum Gasteiger partial charge on any atom is -0.469 e. The van der Waals surface area contributed by atoms with Crippen LogP contribution in [0.3, 0.4) is 0 Å². The number of halogens is 1. The number of alkyl halides is 1. The van der Waals surface area contributed by atoms with Crippen molar-refractivity contribution in [2.45, 2.75) is 74.3 Å². The topological polar surface area (TPSA) is 29.5 Å². The number of hydrogen-bond donors (Lipinski definition) is 0. The van der Waals surface area contributed by atoms with Gasteiger partial charge in [0.05, 0.1) is 13.0 Å². The summed E-state index contributed by atoms with van der Waals surface area (Å²) in [5.74, 6) is 1.52. The highest BCUT2D eigenvalue weighted by Crippen LogP contribution is 2.49. The third kappa shape index (κ3) is 3.19. The van der Waals surface area contributed by atoms with Gasteiger partial charge in [-0.1, -0.05) is 29.5 Å². The van der Waals surface area contributed by atoms with E-state index < -0.39 is 0 Å². The van der Waals surface area contributed by atoms with Crippen LogP contribution in [0.25, 0.3) is 0 Å². The number of methoxy groups -OCH3 is 1. The van der Waals surface area contributed by atoms with Crippen LogP contribution >= 0.6 is 22.6 Å². The third-order valence-electron chi connectivity index (χ3n) is 6.37. The average Bonchev–Trinajstić information content (AvgIpc) is 2.80. The molecule has 3 nitrogen and oxygen atoms in total. The first-order valence-corrected chi connectivity index (χ1v) is 10.4. The number of hydrogen-bond acceptors (Lipinski definition) is 3. The van der Waals surface area contributed by atoms with Crippen molar-refractivity contribution >= 4 is 28.6 Å². The lowest BCUT2D eigenvalue weighted by atomic mass is 9.68. The van der Waals surface area contributed by atoms with E-state index in [1.807, 2.05) is 0 Å². The van der Waals surface area contributed by atoms with Crippen molar-refractivity contribution in [3.8, 4) is 0 Å². The fourth-order valence-electron chi connectivity index (χ4n) is 5.42. The van der Waals surface area contributed by atoms with E-state index in [1.165, 1.54) is 51.4 Å². The van der Waals surface area contributed by atoms with Gasteiger partial charge in [0.25, 0.3) is 0 Å². The summed E-state index contributed by atoms with van der Waals surface area (Å²) in [6.07, 6.45) is 10.2. The van der Waals surface area contributed by atoms with Gasteiger partial charge in [-0.05, 0) is 69.7 Å². The number of esters is 1. The van der Waals surface area contributed by atoms with Crippen molar-refractivity contribution < 1.29 is 9.53 Å². The fraction of sp³-hybridized carbons (Fsp3) is 0.944. The number of piperidine rings is 1. The van der Waals surface area contributed by atoms with E-state index >= 15 is 0 Å². The van der Waals surface area contributed by atoms with Gasteiger partial charge in [-0.25, -0.2) is 0 Å². The van der Waals surface area contributed by atoms with Gasteiger partial charge in [0.2, 0.25) is 0 Å². The molecule has 0 aromatic heterocycles. The van der Waals surface area contributed by atoms with Crippen LogP contribution in [0.1, 0.15) is 58.3 Å². The Morgan fingerprint density at radius 3 is 2.55 bits per heavy atom. The first-order chi connectivity index (χ1) is 10.7. The summed E-state index contributed by atoms with van der Waals surface area (Å²) >= 11 is 2.60. The summed E-state index contributed by atoms with van der Waals surface area (Å²) in [6.45, 7) is 3.40. The average molecular weight is 419 g/mol. The van der Waals surface area contributed by atoms with Crippen molar-refractivity contribution in [2.24, 2.45) is 17.8 Å². The maximum absolute atomic E-state index is 12.6. The summed E-state index contributed by atoms with van der Waals surface area (Å²) in [7, 11) is 1.58. The Bertz CT molecular complexity index is 395. The zero-order chi connectivity index (χ0) is 15.7. The predicted molar refractivity (Wildman–Crippen MR) is 97.2 cm³/mol. The molecule has 3 fully saturated rings. The molecule has 1 saturated carbocycles. The molecule has 126 valence electrons. The van der Waals surface area contributed by atoms with Crippen molar-refractivity contribution in [3.05, 3.63) is 0 Å². The zero-order valence-electron chi connectivity index (χ0n) is 14.0. The van der Waals surface area contributed by atoms with Crippen LogP contribution < -0.4 is 0 Å².